The Bertz CT molecular complexity index is 326. The third kappa shape index (κ3) is 2.10. The molecule has 14 heavy (non-hydrogen) atoms. The maximum atomic E-state index is 10.7. The fourth-order valence-corrected chi connectivity index (χ4v) is 1.23. The van der Waals surface area contributed by atoms with Crippen molar-refractivity contribution in [2.45, 2.75) is 12.6 Å². The summed E-state index contributed by atoms with van der Waals surface area (Å²) < 4.78 is 0. The van der Waals surface area contributed by atoms with E-state index >= 15 is 0 Å². The zero-order chi connectivity index (χ0) is 9.97. The zero-order valence-corrected chi connectivity index (χ0v) is 7.72. The minimum Gasteiger partial charge on any atom is -0.368 e. The van der Waals surface area contributed by atoms with Crippen molar-refractivity contribution in [1.82, 2.24) is 5.06 Å². The summed E-state index contributed by atoms with van der Waals surface area (Å²) in [7, 11) is 0. The molecule has 0 bridgehead atoms. The van der Waals surface area contributed by atoms with E-state index in [2.05, 4.69) is 0 Å². The molecule has 1 aliphatic heterocycles. The number of hydroxylamine groups is 2. The molecule has 0 aromatic heterocycles. The summed E-state index contributed by atoms with van der Waals surface area (Å²) in [6.07, 6.45) is 0. The Labute approximate surface area is 82.2 Å². The van der Waals surface area contributed by atoms with Crippen molar-refractivity contribution in [3.63, 3.8) is 0 Å². The molecule has 1 saturated heterocycles. The van der Waals surface area contributed by atoms with Gasteiger partial charge >= 0.3 is 0 Å². The Hall–Kier alpha value is -1.39. The molecular weight excluding hydrogens is 180 g/mol. The largest absolute Gasteiger partial charge is 0.368 e. The van der Waals surface area contributed by atoms with Gasteiger partial charge in [0.15, 0.2) is 0 Å². The maximum Gasteiger partial charge on any atom is 0.238 e. The number of carbonyl (C=O) groups is 1. The summed E-state index contributed by atoms with van der Waals surface area (Å²) >= 11 is 0. The molecule has 2 N–H and O–H groups in total. The lowest BCUT2D eigenvalue weighted by Crippen LogP contribution is -2.21. The average Bonchev–Trinajstić information content (AvgIpc) is 2.96. The molecule has 74 valence electrons. The first-order valence-electron chi connectivity index (χ1n) is 4.50. The molecule has 2 unspecified atom stereocenters. The van der Waals surface area contributed by atoms with Crippen molar-refractivity contribution in [1.29, 1.82) is 0 Å². The molecule has 1 aliphatic rings. The third-order valence-electron chi connectivity index (χ3n) is 2.14. The first kappa shape index (κ1) is 9.18. The molecule has 2 atom stereocenters. The summed E-state index contributed by atoms with van der Waals surface area (Å²) in [5.41, 5.74) is 6.18. The van der Waals surface area contributed by atoms with Crippen molar-refractivity contribution in [2.24, 2.45) is 5.73 Å². The molecule has 1 heterocycles. The predicted octanol–water partition coefficient (Wildman–Crippen LogP) is 0.288. The van der Waals surface area contributed by atoms with E-state index in [0.717, 1.165) is 5.56 Å². The Kier molecular flexibility index (Phi) is 2.47. The van der Waals surface area contributed by atoms with Crippen LogP contribution in [0.15, 0.2) is 30.3 Å². The highest BCUT2D eigenvalue weighted by Crippen LogP contribution is 2.18. The number of benzene rings is 1. The molecule has 0 aliphatic carbocycles. The van der Waals surface area contributed by atoms with Gasteiger partial charge in [-0.05, 0) is 5.56 Å². The van der Waals surface area contributed by atoms with Crippen molar-refractivity contribution < 1.29 is 9.63 Å². The number of rotatable bonds is 4. The van der Waals surface area contributed by atoms with Crippen LogP contribution in [-0.4, -0.2) is 23.6 Å². The van der Waals surface area contributed by atoms with Crippen molar-refractivity contribution in [3.8, 4) is 0 Å². The topological polar surface area (TPSA) is 55.3 Å². The number of hydrogen-bond donors (Lipinski definition) is 1. The maximum absolute atomic E-state index is 10.7. The van der Waals surface area contributed by atoms with E-state index in [4.69, 9.17) is 10.6 Å². The number of nitrogens with zero attached hydrogens (tertiary/aromatic N) is 1. The fourth-order valence-electron chi connectivity index (χ4n) is 1.23. The van der Waals surface area contributed by atoms with Gasteiger partial charge in [0.05, 0.1) is 13.2 Å². The Balaban J connectivity index is 1.77. The smallest absolute Gasteiger partial charge is 0.238 e. The summed E-state index contributed by atoms with van der Waals surface area (Å²) in [5.74, 6) is -0.321. The number of primary amides is 1. The van der Waals surface area contributed by atoms with E-state index in [9.17, 15) is 4.79 Å². The highest BCUT2D eigenvalue weighted by Gasteiger charge is 2.40. The molecule has 1 amide bonds. The van der Waals surface area contributed by atoms with Gasteiger partial charge in [0, 0.05) is 0 Å². The van der Waals surface area contributed by atoms with Crippen LogP contribution in [0.5, 0.6) is 0 Å². The second kappa shape index (κ2) is 3.77. The molecular formula is C10H12N2O2. The molecule has 0 spiro atoms. The molecule has 1 aromatic rings. The van der Waals surface area contributed by atoms with Gasteiger partial charge in [-0.3, -0.25) is 9.63 Å². The van der Waals surface area contributed by atoms with Crippen LogP contribution < -0.4 is 5.73 Å². The third-order valence-corrected chi connectivity index (χ3v) is 2.14. The molecule has 1 fully saturated rings. The molecule has 4 nitrogen and oxygen atoms in total. The number of nitrogens with two attached hydrogens (primary N) is 1. The van der Waals surface area contributed by atoms with Crippen LogP contribution in [-0.2, 0) is 16.2 Å². The quantitative estimate of drug-likeness (QED) is 0.697. The van der Waals surface area contributed by atoms with Crippen LogP contribution in [0.4, 0.5) is 0 Å². The number of amides is 1. The van der Waals surface area contributed by atoms with Crippen LogP contribution in [0.3, 0.4) is 0 Å². The van der Waals surface area contributed by atoms with Gasteiger partial charge in [-0.25, -0.2) is 0 Å². The summed E-state index contributed by atoms with van der Waals surface area (Å²) in [6.45, 7) is 1.10. The zero-order valence-electron chi connectivity index (χ0n) is 7.72. The second-order valence-corrected chi connectivity index (χ2v) is 3.28. The lowest BCUT2D eigenvalue weighted by molar-refractivity contribution is -0.127. The predicted molar refractivity (Wildman–Crippen MR) is 50.9 cm³/mol. The minimum atomic E-state index is -0.321. The van der Waals surface area contributed by atoms with E-state index in [1.54, 1.807) is 5.06 Å². The van der Waals surface area contributed by atoms with E-state index < -0.39 is 0 Å². The van der Waals surface area contributed by atoms with Gasteiger partial charge in [0.1, 0.15) is 6.04 Å². The van der Waals surface area contributed by atoms with Crippen molar-refractivity contribution >= 4 is 5.91 Å². The van der Waals surface area contributed by atoms with Crippen LogP contribution in [0, 0.1) is 0 Å². The molecule has 0 radical (unpaired) electrons. The lowest BCUT2D eigenvalue weighted by atomic mass is 10.2. The Morgan fingerprint density at radius 1 is 1.50 bits per heavy atom. The average molecular weight is 192 g/mol. The second-order valence-electron chi connectivity index (χ2n) is 3.28. The Morgan fingerprint density at radius 3 is 2.79 bits per heavy atom. The molecule has 0 saturated carbocycles. The van der Waals surface area contributed by atoms with Gasteiger partial charge < -0.3 is 5.73 Å². The van der Waals surface area contributed by atoms with Gasteiger partial charge in [0.25, 0.3) is 0 Å². The first-order chi connectivity index (χ1) is 6.77. The van der Waals surface area contributed by atoms with Gasteiger partial charge in [0.2, 0.25) is 5.91 Å². The number of carbonyl (C=O) groups excluding carboxylic acids is 1. The van der Waals surface area contributed by atoms with Gasteiger partial charge in [-0.1, -0.05) is 30.3 Å². The van der Waals surface area contributed by atoms with Crippen molar-refractivity contribution in [2.75, 3.05) is 6.54 Å². The monoisotopic (exact) mass is 192 g/mol. The standard InChI is InChI=1S/C10H12N2O2/c11-10(13)9-6-12(9)14-7-8-4-2-1-3-5-8/h1-5,9H,6-7H2,(H2,11,13). The molecule has 2 rings (SSSR count). The van der Waals surface area contributed by atoms with E-state index in [1.165, 1.54) is 0 Å². The fraction of sp³-hybridized carbons (Fsp3) is 0.300. The van der Waals surface area contributed by atoms with E-state index in [0.29, 0.717) is 13.2 Å². The van der Waals surface area contributed by atoms with Crippen molar-refractivity contribution in [3.05, 3.63) is 35.9 Å². The normalized spacial score (nSPS) is 24.6. The van der Waals surface area contributed by atoms with Crippen LogP contribution in [0.2, 0.25) is 0 Å². The minimum absolute atomic E-state index is 0.223. The van der Waals surface area contributed by atoms with Gasteiger partial charge in [-0.15, -0.1) is 0 Å². The lowest BCUT2D eigenvalue weighted by Gasteiger charge is -2.03. The SMILES string of the molecule is NC(=O)C1CN1OCc1ccccc1. The highest BCUT2D eigenvalue weighted by molar-refractivity contribution is 5.82. The highest BCUT2D eigenvalue weighted by atomic mass is 16.7. The van der Waals surface area contributed by atoms with E-state index in [1.807, 2.05) is 30.3 Å². The van der Waals surface area contributed by atoms with Crippen LogP contribution >= 0.6 is 0 Å². The van der Waals surface area contributed by atoms with Gasteiger partial charge in [-0.2, -0.15) is 5.06 Å². The van der Waals surface area contributed by atoms with E-state index in [-0.39, 0.29) is 11.9 Å². The molecule has 1 aromatic carbocycles. The summed E-state index contributed by atoms with van der Waals surface area (Å²) in [6, 6.07) is 9.58. The summed E-state index contributed by atoms with van der Waals surface area (Å²) in [4.78, 5) is 16.0. The van der Waals surface area contributed by atoms with Crippen LogP contribution in [0.25, 0.3) is 0 Å². The number of hydrogen-bond acceptors (Lipinski definition) is 3. The Morgan fingerprint density at radius 2 is 2.21 bits per heavy atom. The van der Waals surface area contributed by atoms with Crippen LogP contribution in [0.1, 0.15) is 5.56 Å². The molecule has 4 heteroatoms. The summed E-state index contributed by atoms with van der Waals surface area (Å²) in [5, 5.41) is 1.59. The first-order valence-corrected chi connectivity index (χ1v) is 4.50.